The van der Waals surface area contributed by atoms with Gasteiger partial charge in [-0.15, -0.1) is 0 Å². The van der Waals surface area contributed by atoms with Gasteiger partial charge in [0.25, 0.3) is 0 Å². The first kappa shape index (κ1) is 24.4. The molecule has 0 aromatic carbocycles. The van der Waals surface area contributed by atoms with Crippen LogP contribution in [-0.2, 0) is 5.41 Å². The Morgan fingerprint density at radius 3 is 2.71 bits per heavy atom. The van der Waals surface area contributed by atoms with Crippen LogP contribution in [0.4, 0.5) is 0 Å². The maximum atomic E-state index is 11.2. The third-order valence-electron chi connectivity index (χ3n) is 7.49. The molecule has 0 fully saturated rings. The molecule has 2 aromatic rings. The number of carboxylic acids is 1. The van der Waals surface area contributed by atoms with Crippen molar-refractivity contribution in [3.8, 4) is 0 Å². The van der Waals surface area contributed by atoms with Crippen LogP contribution in [0.5, 0.6) is 0 Å². The summed E-state index contributed by atoms with van der Waals surface area (Å²) in [6.07, 6.45) is 20.3. The Morgan fingerprint density at radius 1 is 1.21 bits per heavy atom. The fourth-order valence-electron chi connectivity index (χ4n) is 5.64. The minimum absolute atomic E-state index is 0.0328. The van der Waals surface area contributed by atoms with Crippen molar-refractivity contribution in [2.45, 2.75) is 96.8 Å². The number of fused-ring (bicyclic) bond motifs is 3. The molecule has 4 rings (SSSR count). The molecule has 2 aliphatic carbocycles. The van der Waals surface area contributed by atoms with Crippen LogP contribution in [-0.4, -0.2) is 16.1 Å². The average Bonchev–Trinajstić information content (AvgIpc) is 3.41. The third-order valence-corrected chi connectivity index (χ3v) is 7.49. The normalized spacial score (nSPS) is 19.0. The minimum atomic E-state index is -1.04. The topological polar surface area (TPSA) is 66.2 Å². The summed E-state index contributed by atoms with van der Waals surface area (Å²) in [6.45, 7) is 9.11. The van der Waals surface area contributed by atoms with Gasteiger partial charge in [0.2, 0.25) is 5.76 Å². The summed E-state index contributed by atoms with van der Waals surface area (Å²) in [6, 6.07) is 3.23. The second-order valence-corrected chi connectivity index (χ2v) is 10.6. The first-order valence-electron chi connectivity index (χ1n) is 13.0. The van der Waals surface area contributed by atoms with Crippen LogP contribution in [0.2, 0.25) is 0 Å². The first-order valence-corrected chi connectivity index (χ1v) is 13.0. The van der Waals surface area contributed by atoms with E-state index in [4.69, 9.17) is 4.42 Å². The van der Waals surface area contributed by atoms with Gasteiger partial charge >= 0.3 is 5.97 Å². The smallest absolute Gasteiger partial charge is 0.371 e. The summed E-state index contributed by atoms with van der Waals surface area (Å²) < 4.78 is 5.49. The van der Waals surface area contributed by atoms with E-state index in [0.717, 1.165) is 12.0 Å². The Hall–Kier alpha value is -2.75. The zero-order valence-corrected chi connectivity index (χ0v) is 21.2. The molecule has 2 N–H and O–H groups in total. The number of rotatable bonds is 10. The zero-order chi connectivity index (χ0) is 24.3. The van der Waals surface area contributed by atoms with Gasteiger partial charge in [-0.3, -0.25) is 0 Å². The second-order valence-electron chi connectivity index (χ2n) is 10.6. The van der Waals surface area contributed by atoms with E-state index in [1.807, 2.05) is 6.08 Å². The number of furan rings is 1. The molecule has 1 atom stereocenters. The number of carbonyl (C=O) groups is 1. The molecule has 0 saturated heterocycles. The monoisotopic (exact) mass is 461 g/mol. The lowest BCUT2D eigenvalue weighted by Crippen LogP contribution is -2.30. The SMILES string of the molecule is CCCCCCCCC1C=CC(C(C)=Cc2ccc(C(=O)O)o2)=c2[nH]c3c(c21)C(C)(C)CCC=3. The molecule has 4 nitrogen and oxygen atoms in total. The summed E-state index contributed by atoms with van der Waals surface area (Å²) in [5.74, 6) is -0.0766. The number of unbranched alkanes of at least 4 members (excludes halogenated alkanes) is 5. The molecule has 0 saturated carbocycles. The van der Waals surface area contributed by atoms with E-state index >= 15 is 0 Å². The number of hydrogen-bond acceptors (Lipinski definition) is 2. The average molecular weight is 462 g/mol. The summed E-state index contributed by atoms with van der Waals surface area (Å²) >= 11 is 0. The lowest BCUT2D eigenvalue weighted by Gasteiger charge is -2.30. The van der Waals surface area contributed by atoms with Crippen LogP contribution < -0.4 is 10.7 Å². The Morgan fingerprint density at radius 2 is 1.97 bits per heavy atom. The first-order chi connectivity index (χ1) is 16.3. The second kappa shape index (κ2) is 10.2. The molecular weight excluding hydrogens is 422 g/mol. The predicted molar refractivity (Wildman–Crippen MR) is 139 cm³/mol. The Kier molecular flexibility index (Phi) is 7.35. The molecule has 0 aliphatic heterocycles. The van der Waals surface area contributed by atoms with Crippen molar-refractivity contribution in [3.63, 3.8) is 0 Å². The molecular formula is C30H39NO3. The van der Waals surface area contributed by atoms with Gasteiger partial charge in [0.05, 0.1) is 5.35 Å². The highest BCUT2D eigenvalue weighted by molar-refractivity contribution is 5.85. The number of aromatic amines is 1. The summed E-state index contributed by atoms with van der Waals surface area (Å²) in [5, 5.41) is 11.7. The van der Waals surface area contributed by atoms with Crippen LogP contribution in [0.3, 0.4) is 0 Å². The maximum Gasteiger partial charge on any atom is 0.371 e. The van der Waals surface area contributed by atoms with Gasteiger partial charge in [-0.25, -0.2) is 4.79 Å². The molecule has 0 radical (unpaired) electrons. The summed E-state index contributed by atoms with van der Waals surface area (Å²) in [7, 11) is 0. The van der Waals surface area contributed by atoms with Crippen LogP contribution in [0, 0.1) is 0 Å². The van der Waals surface area contributed by atoms with Crippen molar-refractivity contribution >= 4 is 23.7 Å². The molecule has 1 unspecified atom stereocenters. The highest BCUT2D eigenvalue weighted by atomic mass is 16.4. The van der Waals surface area contributed by atoms with Gasteiger partial charge in [-0.2, -0.15) is 0 Å². The molecule has 2 aliphatic rings. The quantitative estimate of drug-likeness (QED) is 0.382. The van der Waals surface area contributed by atoms with E-state index in [9.17, 15) is 9.90 Å². The van der Waals surface area contributed by atoms with Crippen LogP contribution >= 0.6 is 0 Å². The molecule has 4 heteroatoms. The minimum Gasteiger partial charge on any atom is -0.475 e. The summed E-state index contributed by atoms with van der Waals surface area (Å²) in [4.78, 5) is 15.0. The Bertz CT molecular complexity index is 1220. The number of H-pyrrole nitrogens is 1. The largest absolute Gasteiger partial charge is 0.475 e. The number of carboxylic acid groups (broad SMARTS) is 1. The van der Waals surface area contributed by atoms with Gasteiger partial charge in [-0.1, -0.05) is 77.5 Å². The van der Waals surface area contributed by atoms with E-state index in [-0.39, 0.29) is 11.2 Å². The molecule has 0 amide bonds. The molecule has 34 heavy (non-hydrogen) atoms. The lowest BCUT2D eigenvalue weighted by atomic mass is 9.73. The van der Waals surface area contributed by atoms with Gasteiger partial charge in [0.15, 0.2) is 0 Å². The van der Waals surface area contributed by atoms with E-state index in [0.29, 0.717) is 11.7 Å². The number of hydrogen-bond donors (Lipinski definition) is 2. The van der Waals surface area contributed by atoms with Crippen LogP contribution in [0.15, 0.2) is 34.3 Å². The van der Waals surface area contributed by atoms with Crippen LogP contribution in [0.25, 0.3) is 17.7 Å². The van der Waals surface area contributed by atoms with Gasteiger partial charge < -0.3 is 14.5 Å². The van der Waals surface area contributed by atoms with Crippen molar-refractivity contribution in [3.05, 3.63) is 63.2 Å². The maximum absolute atomic E-state index is 11.2. The Balaban J connectivity index is 1.71. The highest BCUT2D eigenvalue weighted by Crippen LogP contribution is 2.37. The fourth-order valence-corrected chi connectivity index (χ4v) is 5.64. The standard InChI is InChI=1S/C30H39NO3/c1-5-6-7-8-9-10-12-21-14-16-23(20(2)19-22-15-17-25(34-22)29(32)33)28-26(21)27-24(31-28)13-11-18-30(27,3)4/h13-17,19,21,31H,5-12,18H2,1-4H3,(H,32,33). The highest BCUT2D eigenvalue weighted by Gasteiger charge is 2.32. The number of aromatic carboxylic acids is 1. The lowest BCUT2D eigenvalue weighted by molar-refractivity contribution is 0.0662. The zero-order valence-electron chi connectivity index (χ0n) is 21.2. The van der Waals surface area contributed by atoms with E-state index in [1.54, 1.807) is 6.07 Å². The number of nitrogens with one attached hydrogen (secondary N) is 1. The summed E-state index contributed by atoms with van der Waals surface area (Å²) in [5.41, 5.74) is 5.35. The van der Waals surface area contributed by atoms with E-state index in [1.165, 1.54) is 84.8 Å². The number of allylic oxidation sites excluding steroid dienone is 3. The van der Waals surface area contributed by atoms with Gasteiger partial charge in [0.1, 0.15) is 5.76 Å². The predicted octanol–water partition coefficient (Wildman–Crippen LogP) is 6.82. The number of aromatic nitrogens is 1. The molecule has 0 bridgehead atoms. The van der Waals surface area contributed by atoms with E-state index in [2.05, 4.69) is 50.9 Å². The van der Waals surface area contributed by atoms with Crippen LogP contribution in [0.1, 0.15) is 119 Å². The van der Waals surface area contributed by atoms with Crippen molar-refractivity contribution in [2.24, 2.45) is 0 Å². The Labute approximate surface area is 203 Å². The van der Waals surface area contributed by atoms with Crippen molar-refractivity contribution < 1.29 is 14.3 Å². The molecule has 2 aromatic heterocycles. The molecule has 182 valence electrons. The fraction of sp³-hybridized carbons (Fsp3) is 0.500. The van der Waals surface area contributed by atoms with Gasteiger partial charge in [-0.05, 0) is 66.5 Å². The van der Waals surface area contributed by atoms with Gasteiger partial charge in [0, 0.05) is 16.8 Å². The van der Waals surface area contributed by atoms with Crippen molar-refractivity contribution in [1.82, 2.24) is 4.98 Å². The molecule has 0 spiro atoms. The third kappa shape index (κ3) is 5.01. The van der Waals surface area contributed by atoms with E-state index < -0.39 is 5.97 Å². The molecule has 2 heterocycles. The van der Waals surface area contributed by atoms with Crippen molar-refractivity contribution in [2.75, 3.05) is 0 Å². The van der Waals surface area contributed by atoms with Crippen molar-refractivity contribution in [1.29, 1.82) is 0 Å².